The summed E-state index contributed by atoms with van der Waals surface area (Å²) in [6.07, 6.45) is 3.51. The Hall–Kier alpha value is -2.37. The van der Waals surface area contributed by atoms with E-state index < -0.39 is 0 Å². The molecule has 1 saturated heterocycles. The molecular weight excluding hydrogens is 364 g/mol. The molecule has 1 aliphatic heterocycles. The van der Waals surface area contributed by atoms with E-state index in [0.29, 0.717) is 13.0 Å². The number of para-hydroxylation sites is 1. The second kappa shape index (κ2) is 11.6. The fourth-order valence-corrected chi connectivity index (χ4v) is 3.82. The summed E-state index contributed by atoms with van der Waals surface area (Å²) < 4.78 is 11.1. The number of carbonyl (C=O) groups is 1. The molecule has 1 heterocycles. The van der Waals surface area contributed by atoms with Crippen molar-refractivity contribution in [3.8, 4) is 5.75 Å². The maximum atomic E-state index is 12.4. The van der Waals surface area contributed by atoms with Crippen LogP contribution < -0.4 is 10.1 Å². The molecule has 0 radical (unpaired) electrons. The van der Waals surface area contributed by atoms with Gasteiger partial charge in [-0.25, -0.2) is 0 Å². The fourth-order valence-electron chi connectivity index (χ4n) is 3.82. The quantitative estimate of drug-likeness (QED) is 0.624. The van der Waals surface area contributed by atoms with E-state index in [9.17, 15) is 4.79 Å². The first-order valence-corrected chi connectivity index (χ1v) is 10.5. The SMILES string of the molecule is COc1ccccc1C(CNC(=O)CCCCc1ccccc1)N1CCOCC1. The summed E-state index contributed by atoms with van der Waals surface area (Å²) in [4.78, 5) is 14.8. The summed E-state index contributed by atoms with van der Waals surface area (Å²) >= 11 is 0. The molecule has 156 valence electrons. The maximum absolute atomic E-state index is 12.4. The van der Waals surface area contributed by atoms with Gasteiger partial charge in [0.15, 0.2) is 0 Å². The van der Waals surface area contributed by atoms with Crippen LogP contribution in [0.1, 0.15) is 36.4 Å². The van der Waals surface area contributed by atoms with Crippen LogP contribution in [0, 0.1) is 0 Å². The third kappa shape index (κ3) is 6.58. The predicted octanol–water partition coefficient (Wildman–Crippen LogP) is 3.60. The molecule has 1 fully saturated rings. The van der Waals surface area contributed by atoms with Crippen LogP contribution in [0.2, 0.25) is 0 Å². The Morgan fingerprint density at radius 1 is 1.07 bits per heavy atom. The number of aryl methyl sites for hydroxylation is 1. The van der Waals surface area contributed by atoms with Crippen LogP contribution >= 0.6 is 0 Å². The highest BCUT2D eigenvalue weighted by Crippen LogP contribution is 2.29. The highest BCUT2D eigenvalue weighted by Gasteiger charge is 2.25. The summed E-state index contributed by atoms with van der Waals surface area (Å²) in [5.41, 5.74) is 2.44. The molecule has 1 amide bonds. The minimum absolute atomic E-state index is 0.0864. The van der Waals surface area contributed by atoms with Gasteiger partial charge in [0.25, 0.3) is 0 Å². The third-order valence-electron chi connectivity index (χ3n) is 5.44. The highest BCUT2D eigenvalue weighted by molar-refractivity contribution is 5.75. The van der Waals surface area contributed by atoms with Crippen molar-refractivity contribution in [1.82, 2.24) is 10.2 Å². The highest BCUT2D eigenvalue weighted by atomic mass is 16.5. The number of hydrogen-bond donors (Lipinski definition) is 1. The first kappa shape index (κ1) is 21.3. The van der Waals surface area contributed by atoms with Gasteiger partial charge in [-0.2, -0.15) is 0 Å². The molecule has 1 N–H and O–H groups in total. The van der Waals surface area contributed by atoms with E-state index >= 15 is 0 Å². The zero-order chi connectivity index (χ0) is 20.3. The lowest BCUT2D eigenvalue weighted by molar-refractivity contribution is -0.121. The second-order valence-electron chi connectivity index (χ2n) is 7.40. The monoisotopic (exact) mass is 396 g/mol. The Labute approximate surface area is 174 Å². The molecule has 0 aromatic heterocycles. The van der Waals surface area contributed by atoms with Crippen LogP contribution in [0.25, 0.3) is 0 Å². The molecule has 5 heteroatoms. The lowest BCUT2D eigenvalue weighted by Gasteiger charge is -2.35. The van der Waals surface area contributed by atoms with Gasteiger partial charge in [-0.3, -0.25) is 9.69 Å². The Kier molecular flexibility index (Phi) is 8.53. The minimum Gasteiger partial charge on any atom is -0.496 e. The van der Waals surface area contributed by atoms with Gasteiger partial charge in [0.1, 0.15) is 5.75 Å². The summed E-state index contributed by atoms with van der Waals surface area (Å²) in [5, 5.41) is 3.15. The van der Waals surface area contributed by atoms with Crippen LogP contribution in [-0.4, -0.2) is 50.8 Å². The summed E-state index contributed by atoms with van der Waals surface area (Å²) in [6.45, 7) is 3.74. The van der Waals surface area contributed by atoms with Gasteiger partial charge in [-0.15, -0.1) is 0 Å². The van der Waals surface area contributed by atoms with Crippen molar-refractivity contribution in [3.05, 3.63) is 65.7 Å². The smallest absolute Gasteiger partial charge is 0.220 e. The van der Waals surface area contributed by atoms with Crippen LogP contribution in [0.15, 0.2) is 54.6 Å². The van der Waals surface area contributed by atoms with E-state index in [1.807, 2.05) is 24.3 Å². The van der Waals surface area contributed by atoms with Crippen molar-refractivity contribution in [1.29, 1.82) is 0 Å². The Morgan fingerprint density at radius 3 is 2.55 bits per heavy atom. The normalized spacial score (nSPS) is 15.6. The first-order chi connectivity index (χ1) is 14.3. The van der Waals surface area contributed by atoms with E-state index in [1.165, 1.54) is 5.56 Å². The number of ether oxygens (including phenoxy) is 2. The molecule has 2 aromatic carbocycles. The number of morpholine rings is 1. The first-order valence-electron chi connectivity index (χ1n) is 10.5. The molecule has 3 rings (SSSR count). The largest absolute Gasteiger partial charge is 0.496 e. The number of methoxy groups -OCH3 is 1. The molecule has 2 aromatic rings. The molecule has 0 spiro atoms. The van der Waals surface area contributed by atoms with E-state index in [-0.39, 0.29) is 11.9 Å². The molecule has 0 bridgehead atoms. The van der Waals surface area contributed by atoms with Crippen LogP contribution in [0.4, 0.5) is 0 Å². The van der Waals surface area contributed by atoms with Crippen molar-refractivity contribution >= 4 is 5.91 Å². The molecular formula is C24H32N2O3. The molecule has 1 atom stereocenters. The standard InChI is InChI=1S/C24H32N2O3/c1-28-23-13-7-6-12-21(23)22(26-15-17-29-18-16-26)19-25-24(27)14-8-5-11-20-9-3-2-4-10-20/h2-4,6-7,9-10,12-13,22H,5,8,11,14-19H2,1H3,(H,25,27). The number of hydrogen-bond acceptors (Lipinski definition) is 4. The Balaban J connectivity index is 1.51. The molecule has 0 aliphatic carbocycles. The number of benzene rings is 2. The zero-order valence-electron chi connectivity index (χ0n) is 17.3. The number of amides is 1. The van der Waals surface area contributed by atoms with Crippen molar-refractivity contribution in [2.24, 2.45) is 0 Å². The third-order valence-corrected chi connectivity index (χ3v) is 5.44. The van der Waals surface area contributed by atoms with Gasteiger partial charge in [-0.05, 0) is 30.9 Å². The number of nitrogens with one attached hydrogen (secondary N) is 1. The average molecular weight is 397 g/mol. The van der Waals surface area contributed by atoms with Gasteiger partial charge >= 0.3 is 0 Å². The van der Waals surface area contributed by atoms with Gasteiger partial charge in [0.2, 0.25) is 5.91 Å². The number of nitrogens with zero attached hydrogens (tertiary/aromatic N) is 1. The van der Waals surface area contributed by atoms with E-state index in [0.717, 1.165) is 56.9 Å². The molecule has 5 nitrogen and oxygen atoms in total. The Morgan fingerprint density at radius 2 is 1.79 bits per heavy atom. The lowest BCUT2D eigenvalue weighted by atomic mass is 10.0. The summed E-state index contributed by atoms with van der Waals surface area (Å²) in [6, 6.07) is 18.6. The molecule has 0 saturated carbocycles. The Bertz CT molecular complexity index is 745. The van der Waals surface area contributed by atoms with Crippen LogP contribution in [-0.2, 0) is 16.0 Å². The zero-order valence-corrected chi connectivity index (χ0v) is 17.3. The second-order valence-corrected chi connectivity index (χ2v) is 7.40. The van der Waals surface area contributed by atoms with Crippen molar-refractivity contribution in [2.75, 3.05) is 40.0 Å². The fraction of sp³-hybridized carbons (Fsp3) is 0.458. The van der Waals surface area contributed by atoms with Crippen LogP contribution in [0.3, 0.4) is 0 Å². The molecule has 1 unspecified atom stereocenters. The maximum Gasteiger partial charge on any atom is 0.220 e. The summed E-state index contributed by atoms with van der Waals surface area (Å²) in [7, 11) is 1.69. The average Bonchev–Trinajstić information content (AvgIpc) is 2.78. The van der Waals surface area contributed by atoms with E-state index in [2.05, 4.69) is 40.5 Å². The van der Waals surface area contributed by atoms with Gasteiger partial charge < -0.3 is 14.8 Å². The van der Waals surface area contributed by atoms with Crippen molar-refractivity contribution in [3.63, 3.8) is 0 Å². The lowest BCUT2D eigenvalue weighted by Crippen LogP contribution is -2.43. The van der Waals surface area contributed by atoms with Crippen LogP contribution in [0.5, 0.6) is 5.75 Å². The topological polar surface area (TPSA) is 50.8 Å². The number of rotatable bonds is 10. The summed E-state index contributed by atoms with van der Waals surface area (Å²) in [5.74, 6) is 0.979. The number of unbranched alkanes of at least 4 members (excludes halogenated alkanes) is 1. The minimum atomic E-state index is 0.0864. The molecule has 29 heavy (non-hydrogen) atoms. The molecule has 1 aliphatic rings. The van der Waals surface area contributed by atoms with Crippen molar-refractivity contribution in [2.45, 2.75) is 31.7 Å². The number of carbonyl (C=O) groups excluding carboxylic acids is 1. The van der Waals surface area contributed by atoms with Gasteiger partial charge in [0, 0.05) is 31.6 Å². The van der Waals surface area contributed by atoms with E-state index in [1.54, 1.807) is 7.11 Å². The predicted molar refractivity (Wildman–Crippen MR) is 115 cm³/mol. The van der Waals surface area contributed by atoms with Crippen molar-refractivity contribution < 1.29 is 14.3 Å². The van der Waals surface area contributed by atoms with E-state index in [4.69, 9.17) is 9.47 Å². The van der Waals surface area contributed by atoms with Gasteiger partial charge in [0.05, 0.1) is 26.4 Å². The van der Waals surface area contributed by atoms with Gasteiger partial charge in [-0.1, -0.05) is 48.5 Å².